The fourth-order valence-corrected chi connectivity index (χ4v) is 2.31. The second-order valence-electron chi connectivity index (χ2n) is 4.46. The van der Waals surface area contributed by atoms with Crippen molar-refractivity contribution in [1.29, 1.82) is 5.41 Å². The minimum atomic E-state index is -0.414. The Labute approximate surface area is 113 Å². The monoisotopic (exact) mass is 267 g/mol. The number of halogens is 1. The molecule has 0 aliphatic carbocycles. The molecule has 0 aliphatic rings. The van der Waals surface area contributed by atoms with Gasteiger partial charge in [0.1, 0.15) is 11.7 Å². The molecule has 0 atom stereocenters. The molecule has 0 heterocycles. The van der Waals surface area contributed by atoms with Crippen LogP contribution in [0.25, 0.3) is 0 Å². The van der Waals surface area contributed by atoms with Crippen LogP contribution in [0.5, 0.6) is 0 Å². The number of hydrogen-bond donors (Lipinski definition) is 3. The maximum Gasteiger partial charge on any atom is 0.125 e. The largest absolute Gasteiger partial charge is 0.395 e. The van der Waals surface area contributed by atoms with Crippen molar-refractivity contribution in [3.63, 3.8) is 0 Å². The van der Waals surface area contributed by atoms with Crippen LogP contribution in [0.4, 0.5) is 10.1 Å². The van der Waals surface area contributed by atoms with Gasteiger partial charge in [-0.25, -0.2) is 4.39 Å². The molecule has 0 aliphatic heterocycles. The van der Waals surface area contributed by atoms with Crippen molar-refractivity contribution in [2.45, 2.75) is 32.7 Å². The Morgan fingerprint density at radius 3 is 2.53 bits per heavy atom. The van der Waals surface area contributed by atoms with E-state index in [9.17, 15) is 9.50 Å². The SMILES string of the molecule is CCC(CC)N(CCO)c1ccc(F)cc1C(=N)N. The number of hydrogen-bond acceptors (Lipinski definition) is 3. The van der Waals surface area contributed by atoms with E-state index < -0.39 is 5.82 Å². The molecule has 106 valence electrons. The zero-order valence-electron chi connectivity index (χ0n) is 11.5. The highest BCUT2D eigenvalue weighted by Crippen LogP contribution is 2.25. The molecule has 4 N–H and O–H groups in total. The van der Waals surface area contributed by atoms with E-state index >= 15 is 0 Å². The van der Waals surface area contributed by atoms with Crippen molar-refractivity contribution >= 4 is 11.5 Å². The predicted octanol–water partition coefficient (Wildman–Crippen LogP) is 2.10. The van der Waals surface area contributed by atoms with Crippen molar-refractivity contribution in [1.82, 2.24) is 0 Å². The number of aliphatic hydroxyl groups is 1. The van der Waals surface area contributed by atoms with E-state index in [1.165, 1.54) is 12.1 Å². The lowest BCUT2D eigenvalue weighted by atomic mass is 10.1. The first-order valence-corrected chi connectivity index (χ1v) is 6.56. The van der Waals surface area contributed by atoms with Gasteiger partial charge in [-0.15, -0.1) is 0 Å². The van der Waals surface area contributed by atoms with Crippen molar-refractivity contribution < 1.29 is 9.50 Å². The van der Waals surface area contributed by atoms with Crippen molar-refractivity contribution in [2.75, 3.05) is 18.1 Å². The van der Waals surface area contributed by atoms with E-state index in [2.05, 4.69) is 13.8 Å². The maximum absolute atomic E-state index is 13.3. The third kappa shape index (κ3) is 3.67. The van der Waals surface area contributed by atoms with Gasteiger partial charge in [0, 0.05) is 23.8 Å². The van der Waals surface area contributed by atoms with Gasteiger partial charge in [0.25, 0.3) is 0 Å². The number of benzene rings is 1. The van der Waals surface area contributed by atoms with Crippen molar-refractivity contribution in [3.8, 4) is 0 Å². The van der Waals surface area contributed by atoms with Crippen LogP contribution in [0.15, 0.2) is 18.2 Å². The van der Waals surface area contributed by atoms with Crippen LogP contribution in [0.3, 0.4) is 0 Å². The molecule has 0 fully saturated rings. The Balaban J connectivity index is 3.25. The molecule has 0 saturated carbocycles. The van der Waals surface area contributed by atoms with E-state index in [0.717, 1.165) is 12.8 Å². The quantitative estimate of drug-likeness (QED) is 0.523. The Hall–Kier alpha value is -1.62. The average molecular weight is 267 g/mol. The second kappa shape index (κ2) is 7.09. The fraction of sp³-hybridized carbons (Fsp3) is 0.500. The number of aliphatic hydroxyl groups excluding tert-OH is 1. The normalized spacial score (nSPS) is 10.8. The molecule has 1 rings (SSSR count). The predicted molar refractivity (Wildman–Crippen MR) is 76.2 cm³/mol. The van der Waals surface area contributed by atoms with Crippen LogP contribution in [-0.2, 0) is 0 Å². The third-order valence-electron chi connectivity index (χ3n) is 3.28. The third-order valence-corrected chi connectivity index (χ3v) is 3.28. The van der Waals surface area contributed by atoms with Crippen LogP contribution in [0.2, 0.25) is 0 Å². The first-order valence-electron chi connectivity index (χ1n) is 6.56. The lowest BCUT2D eigenvalue weighted by molar-refractivity contribution is 0.296. The summed E-state index contributed by atoms with van der Waals surface area (Å²) in [7, 11) is 0. The van der Waals surface area contributed by atoms with Crippen LogP contribution >= 0.6 is 0 Å². The number of nitrogens with two attached hydrogens (primary N) is 1. The minimum absolute atomic E-state index is 0.00518. The maximum atomic E-state index is 13.3. The minimum Gasteiger partial charge on any atom is -0.395 e. The highest BCUT2D eigenvalue weighted by atomic mass is 19.1. The van der Waals surface area contributed by atoms with Crippen molar-refractivity contribution in [3.05, 3.63) is 29.6 Å². The zero-order chi connectivity index (χ0) is 14.4. The number of rotatable bonds is 7. The van der Waals surface area contributed by atoms with Crippen LogP contribution in [-0.4, -0.2) is 30.1 Å². The molecular formula is C14H22FN3O. The van der Waals surface area contributed by atoms with E-state index in [-0.39, 0.29) is 18.5 Å². The molecule has 0 radical (unpaired) electrons. The summed E-state index contributed by atoms with van der Waals surface area (Å²) in [5, 5.41) is 16.8. The summed E-state index contributed by atoms with van der Waals surface area (Å²) in [4.78, 5) is 2.00. The van der Waals surface area contributed by atoms with E-state index in [0.29, 0.717) is 17.8 Å². The van der Waals surface area contributed by atoms with Gasteiger partial charge < -0.3 is 15.7 Å². The van der Waals surface area contributed by atoms with E-state index in [1.807, 2.05) is 4.90 Å². The van der Waals surface area contributed by atoms with Gasteiger partial charge in [-0.2, -0.15) is 0 Å². The van der Waals surface area contributed by atoms with Gasteiger partial charge in [0.15, 0.2) is 0 Å². The highest BCUT2D eigenvalue weighted by Gasteiger charge is 2.19. The van der Waals surface area contributed by atoms with Gasteiger partial charge in [0.2, 0.25) is 0 Å². The molecule has 1 aromatic carbocycles. The van der Waals surface area contributed by atoms with E-state index in [1.54, 1.807) is 6.07 Å². The van der Waals surface area contributed by atoms with Crippen LogP contribution < -0.4 is 10.6 Å². The zero-order valence-corrected chi connectivity index (χ0v) is 11.5. The summed E-state index contributed by atoms with van der Waals surface area (Å²) >= 11 is 0. The average Bonchev–Trinajstić information content (AvgIpc) is 2.39. The standard InChI is InChI=1S/C14H22FN3O/c1-3-11(4-2)18(7-8-19)13-6-5-10(15)9-12(13)14(16)17/h5-6,9,11,19H,3-4,7-8H2,1-2H3,(H3,16,17). The molecule has 0 spiro atoms. The summed E-state index contributed by atoms with van der Waals surface area (Å²) in [6.45, 7) is 4.58. The molecule has 4 nitrogen and oxygen atoms in total. The number of nitrogens with zero attached hydrogens (tertiary/aromatic N) is 1. The molecule has 0 unspecified atom stereocenters. The fourth-order valence-electron chi connectivity index (χ4n) is 2.31. The van der Waals surface area contributed by atoms with Gasteiger partial charge >= 0.3 is 0 Å². The molecule has 0 saturated heterocycles. The molecule has 1 aromatic rings. The second-order valence-corrected chi connectivity index (χ2v) is 4.46. The van der Waals surface area contributed by atoms with Crippen LogP contribution in [0.1, 0.15) is 32.3 Å². The number of nitrogen functional groups attached to an aromatic ring is 1. The molecule has 0 amide bonds. The number of amidine groups is 1. The molecular weight excluding hydrogens is 245 g/mol. The van der Waals surface area contributed by atoms with Gasteiger partial charge in [-0.3, -0.25) is 5.41 Å². The van der Waals surface area contributed by atoms with Crippen molar-refractivity contribution in [2.24, 2.45) is 5.73 Å². The number of nitrogens with one attached hydrogen (secondary N) is 1. The summed E-state index contributed by atoms with van der Waals surface area (Å²) in [6.07, 6.45) is 1.82. The first kappa shape index (κ1) is 15.4. The Morgan fingerprint density at radius 1 is 1.42 bits per heavy atom. The van der Waals surface area contributed by atoms with Gasteiger partial charge in [0.05, 0.1) is 6.61 Å². The Morgan fingerprint density at radius 2 is 2.05 bits per heavy atom. The summed E-state index contributed by atoms with van der Waals surface area (Å²) in [6, 6.07) is 4.48. The lowest BCUT2D eigenvalue weighted by Gasteiger charge is -2.33. The van der Waals surface area contributed by atoms with E-state index in [4.69, 9.17) is 11.1 Å². The Kier molecular flexibility index (Phi) is 5.76. The summed E-state index contributed by atoms with van der Waals surface area (Å²) in [5.74, 6) is -0.578. The topological polar surface area (TPSA) is 73.3 Å². The number of anilines is 1. The summed E-state index contributed by atoms with van der Waals surface area (Å²) < 4.78 is 13.3. The smallest absolute Gasteiger partial charge is 0.125 e. The van der Waals surface area contributed by atoms with Crippen LogP contribution in [0, 0.1) is 11.2 Å². The first-order chi connectivity index (χ1) is 9.04. The highest BCUT2D eigenvalue weighted by molar-refractivity contribution is 6.00. The van der Waals surface area contributed by atoms with Gasteiger partial charge in [-0.1, -0.05) is 13.8 Å². The molecule has 0 aromatic heterocycles. The lowest BCUT2D eigenvalue weighted by Crippen LogP contribution is -2.38. The summed E-state index contributed by atoms with van der Waals surface area (Å²) in [5.41, 5.74) is 6.61. The molecule has 19 heavy (non-hydrogen) atoms. The molecule has 5 heteroatoms. The molecule has 0 bridgehead atoms. The Bertz CT molecular complexity index is 433. The van der Waals surface area contributed by atoms with Gasteiger partial charge in [-0.05, 0) is 31.0 Å².